The average Bonchev–Trinajstić information content (AvgIpc) is 3.12. The number of hydrogen-bond donors (Lipinski definition) is 8. The van der Waals surface area contributed by atoms with Gasteiger partial charge in [-0.15, -0.1) is 12.6 Å². The van der Waals surface area contributed by atoms with Crippen molar-refractivity contribution in [1.82, 2.24) is 29.9 Å². The predicted molar refractivity (Wildman–Crippen MR) is 213 cm³/mol. The highest BCUT2D eigenvalue weighted by Crippen LogP contribution is 2.28. The largest absolute Gasteiger partial charge is 0.354 e. The van der Waals surface area contributed by atoms with Gasteiger partial charge in [-0.2, -0.15) is 38.3 Å². The van der Waals surface area contributed by atoms with Gasteiger partial charge in [-0.3, -0.25) is 4.55 Å². The van der Waals surface area contributed by atoms with E-state index in [2.05, 4.69) is 74.4 Å². The van der Waals surface area contributed by atoms with Gasteiger partial charge in [0.05, 0.1) is 0 Å². The van der Waals surface area contributed by atoms with Crippen molar-refractivity contribution in [3.05, 3.63) is 108 Å². The number of benzene rings is 4. The van der Waals surface area contributed by atoms with E-state index in [9.17, 15) is 13.0 Å². The van der Waals surface area contributed by atoms with E-state index in [-0.39, 0.29) is 22.4 Å². The van der Waals surface area contributed by atoms with E-state index < -0.39 is 10.1 Å². The summed E-state index contributed by atoms with van der Waals surface area (Å²) in [4.78, 5) is 26.9. The monoisotopic (exact) mass is 748 g/mol. The summed E-state index contributed by atoms with van der Waals surface area (Å²) in [6.45, 7) is 5.05. The van der Waals surface area contributed by atoms with E-state index in [1.54, 1.807) is 30.4 Å². The van der Waals surface area contributed by atoms with Crippen molar-refractivity contribution in [2.45, 2.75) is 23.6 Å². The molecule has 17 heteroatoms. The van der Waals surface area contributed by atoms with Crippen LogP contribution in [-0.2, 0) is 10.1 Å². The molecule has 2 heterocycles. The van der Waals surface area contributed by atoms with Crippen molar-refractivity contribution in [2.24, 2.45) is 0 Å². The Labute approximate surface area is 312 Å². The summed E-state index contributed by atoms with van der Waals surface area (Å²) in [7, 11) is -4.63. The minimum atomic E-state index is -4.63. The van der Waals surface area contributed by atoms with Gasteiger partial charge in [-0.05, 0) is 73.5 Å². The number of hydrogen-bond acceptors (Lipinski definition) is 15. The molecule has 0 saturated heterocycles. The maximum Gasteiger partial charge on any atom is 0.295 e. The molecule has 0 unspecified atom stereocenters. The maximum atomic E-state index is 12.5. The second-order valence-corrected chi connectivity index (χ2v) is 13.1. The zero-order valence-corrected chi connectivity index (χ0v) is 30.3. The topological polar surface area (TPSA) is 204 Å². The van der Waals surface area contributed by atoms with Crippen LogP contribution in [0.25, 0.3) is 12.2 Å². The Bertz CT molecular complexity index is 2330. The fourth-order valence-corrected chi connectivity index (χ4v) is 5.92. The lowest BCUT2D eigenvalue weighted by Crippen LogP contribution is -2.09. The molecule has 6 rings (SSSR count). The molecular formula is C36H36N12O3S2. The van der Waals surface area contributed by atoms with Crippen LogP contribution in [0, 0.1) is 0 Å². The molecule has 0 aliphatic rings. The molecular weight excluding hydrogens is 713 g/mol. The first-order chi connectivity index (χ1) is 25.6. The fourth-order valence-electron chi connectivity index (χ4n) is 4.92. The SMILES string of the molecule is CCNc1nc(Nc2ccccc2)nc(Nc2ccc(/C=C/c3ccc(Nc4nc(NCC)nc(Nc5ccccc5)n4)cc3S(=O)(=O)O)c(S)c2)n1. The summed E-state index contributed by atoms with van der Waals surface area (Å²) in [5.74, 6) is 1.84. The highest BCUT2D eigenvalue weighted by atomic mass is 32.2. The van der Waals surface area contributed by atoms with Crippen LogP contribution in [0.1, 0.15) is 25.0 Å². The Morgan fingerprint density at radius 2 is 0.943 bits per heavy atom. The van der Waals surface area contributed by atoms with E-state index in [1.807, 2.05) is 86.6 Å². The number of aromatic nitrogens is 6. The molecule has 0 radical (unpaired) electrons. The molecule has 15 nitrogen and oxygen atoms in total. The highest BCUT2D eigenvalue weighted by Gasteiger charge is 2.17. The summed E-state index contributed by atoms with van der Waals surface area (Å²) in [6, 6.07) is 28.9. The predicted octanol–water partition coefficient (Wildman–Crippen LogP) is 7.60. The third-order valence-corrected chi connectivity index (χ3v) is 8.57. The second-order valence-electron chi connectivity index (χ2n) is 11.2. The van der Waals surface area contributed by atoms with Crippen molar-refractivity contribution in [3.63, 3.8) is 0 Å². The first-order valence-electron chi connectivity index (χ1n) is 16.5. The first kappa shape index (κ1) is 36.5. The van der Waals surface area contributed by atoms with Crippen molar-refractivity contribution in [3.8, 4) is 0 Å². The minimum absolute atomic E-state index is 0.158. The van der Waals surface area contributed by atoms with Crippen LogP contribution in [-0.4, -0.2) is 56.0 Å². The van der Waals surface area contributed by atoms with Gasteiger partial charge in [0.2, 0.25) is 35.7 Å². The number of rotatable bonds is 15. The Morgan fingerprint density at radius 1 is 0.547 bits per heavy atom. The zero-order valence-electron chi connectivity index (χ0n) is 28.6. The van der Waals surface area contributed by atoms with Gasteiger partial charge in [-0.1, -0.05) is 60.7 Å². The lowest BCUT2D eigenvalue weighted by molar-refractivity contribution is 0.483. The molecule has 0 atom stereocenters. The lowest BCUT2D eigenvalue weighted by Gasteiger charge is -2.12. The van der Waals surface area contributed by atoms with Crippen LogP contribution in [0.3, 0.4) is 0 Å². The Hall–Kier alpha value is -6.30. The van der Waals surface area contributed by atoms with Crippen LogP contribution in [0.15, 0.2) is 107 Å². The van der Waals surface area contributed by atoms with Crippen molar-refractivity contribution in [1.29, 1.82) is 0 Å². The molecule has 0 saturated carbocycles. The Morgan fingerprint density at radius 3 is 1.38 bits per heavy atom. The van der Waals surface area contributed by atoms with Gasteiger partial charge in [0, 0.05) is 40.7 Å². The van der Waals surface area contributed by atoms with Gasteiger partial charge in [0.25, 0.3) is 10.1 Å². The maximum absolute atomic E-state index is 12.5. The molecule has 0 fully saturated rings. The molecule has 0 bridgehead atoms. The smallest absolute Gasteiger partial charge is 0.295 e. The molecule has 7 N–H and O–H groups in total. The molecule has 53 heavy (non-hydrogen) atoms. The van der Waals surface area contributed by atoms with E-state index in [0.717, 1.165) is 11.4 Å². The zero-order chi connectivity index (χ0) is 37.2. The quantitative estimate of drug-likeness (QED) is 0.0289. The van der Waals surface area contributed by atoms with Crippen LogP contribution in [0.4, 0.5) is 58.4 Å². The van der Waals surface area contributed by atoms with E-state index >= 15 is 0 Å². The molecule has 0 amide bonds. The van der Waals surface area contributed by atoms with Gasteiger partial charge < -0.3 is 31.9 Å². The minimum Gasteiger partial charge on any atom is -0.354 e. The lowest BCUT2D eigenvalue weighted by atomic mass is 10.1. The molecule has 0 aliphatic heterocycles. The first-order valence-corrected chi connectivity index (χ1v) is 18.3. The third-order valence-electron chi connectivity index (χ3n) is 7.28. The average molecular weight is 749 g/mol. The van der Waals surface area contributed by atoms with Crippen LogP contribution < -0.4 is 31.9 Å². The summed E-state index contributed by atoms with van der Waals surface area (Å²) in [5.41, 5.74) is 3.55. The number of anilines is 10. The summed E-state index contributed by atoms with van der Waals surface area (Å²) < 4.78 is 35.2. The van der Waals surface area contributed by atoms with Gasteiger partial charge in [0.1, 0.15) is 4.90 Å². The molecule has 6 aromatic rings. The molecule has 4 aromatic carbocycles. The molecule has 270 valence electrons. The standard InChI is InChI=1S/C36H36N12O3S2/c1-3-37-31-43-33(39-25-11-7-5-8-12-25)47-35(45-31)41-27-19-17-23(29(52)21-27)15-16-24-18-20-28(22-30(24)53(49,50)51)42-36-46-32(38-4-2)44-34(48-36)40-26-13-9-6-10-14-26/h5-22,52H,3-4H2,1-2H3,(H,49,50,51)(H3,37,39,41,43,45,47)(H3,38,40,42,44,46,48)/b16-15+. The number of thiol groups is 1. The summed E-state index contributed by atoms with van der Waals surface area (Å²) in [6.07, 6.45) is 3.28. The van der Waals surface area contributed by atoms with E-state index in [4.69, 9.17) is 0 Å². The van der Waals surface area contributed by atoms with E-state index in [1.165, 1.54) is 6.07 Å². The summed E-state index contributed by atoms with van der Waals surface area (Å²) in [5, 5.41) is 18.7. The van der Waals surface area contributed by atoms with E-state index in [0.29, 0.717) is 58.7 Å². The van der Waals surface area contributed by atoms with Crippen molar-refractivity contribution >= 4 is 93.3 Å². The highest BCUT2D eigenvalue weighted by molar-refractivity contribution is 7.86. The Balaban J connectivity index is 1.20. The molecule has 0 aliphatic carbocycles. The van der Waals surface area contributed by atoms with Crippen LogP contribution >= 0.6 is 12.6 Å². The van der Waals surface area contributed by atoms with Crippen molar-refractivity contribution < 1.29 is 13.0 Å². The Kier molecular flexibility index (Phi) is 11.6. The van der Waals surface area contributed by atoms with Crippen LogP contribution in [0.5, 0.6) is 0 Å². The second kappa shape index (κ2) is 16.8. The molecule has 2 aromatic heterocycles. The fraction of sp³-hybridized carbons (Fsp3) is 0.111. The van der Waals surface area contributed by atoms with Crippen LogP contribution in [0.2, 0.25) is 0 Å². The summed E-state index contributed by atoms with van der Waals surface area (Å²) >= 11 is 4.66. The third kappa shape index (κ3) is 10.2. The molecule has 0 spiro atoms. The van der Waals surface area contributed by atoms with Gasteiger partial charge in [-0.25, -0.2) is 0 Å². The number of nitrogens with one attached hydrogen (secondary N) is 6. The number of nitrogens with zero attached hydrogens (tertiary/aromatic N) is 6. The number of para-hydroxylation sites is 2. The van der Waals surface area contributed by atoms with Crippen molar-refractivity contribution in [2.75, 3.05) is 45.0 Å². The normalized spacial score (nSPS) is 11.2. The van der Waals surface area contributed by atoms with Gasteiger partial charge in [0.15, 0.2) is 0 Å². The van der Waals surface area contributed by atoms with Gasteiger partial charge >= 0.3 is 0 Å².